The molecule has 1 N–H and O–H groups in total. The Morgan fingerprint density at radius 1 is 1.11 bits per heavy atom. The SMILES string of the molecule is CCc1ccc(-c2nc(C(=O)O[C@H](C)C(=O)Nc3ccc(C)cc3)cs2)cc1. The summed E-state index contributed by atoms with van der Waals surface area (Å²) in [6.07, 6.45) is 0.0425. The van der Waals surface area contributed by atoms with Gasteiger partial charge in [-0.1, -0.05) is 48.9 Å². The largest absolute Gasteiger partial charge is 0.448 e. The Labute approximate surface area is 168 Å². The number of aromatic nitrogens is 1. The third kappa shape index (κ3) is 4.84. The van der Waals surface area contributed by atoms with Crippen LogP contribution < -0.4 is 5.32 Å². The van der Waals surface area contributed by atoms with E-state index in [2.05, 4.69) is 17.2 Å². The number of aryl methyl sites for hydroxylation is 2. The fourth-order valence-electron chi connectivity index (χ4n) is 2.54. The molecular weight excluding hydrogens is 372 g/mol. The number of nitrogens with zero attached hydrogens (tertiary/aromatic N) is 1. The van der Waals surface area contributed by atoms with Gasteiger partial charge in [0.05, 0.1) is 0 Å². The normalized spacial score (nSPS) is 11.7. The van der Waals surface area contributed by atoms with E-state index < -0.39 is 12.1 Å². The van der Waals surface area contributed by atoms with Crippen LogP contribution in [0.5, 0.6) is 0 Å². The number of hydrogen-bond acceptors (Lipinski definition) is 5. The number of benzene rings is 2. The van der Waals surface area contributed by atoms with Crippen LogP contribution in [-0.2, 0) is 16.0 Å². The average molecular weight is 394 g/mol. The van der Waals surface area contributed by atoms with Crippen molar-refractivity contribution in [2.24, 2.45) is 0 Å². The summed E-state index contributed by atoms with van der Waals surface area (Å²) < 4.78 is 5.27. The number of anilines is 1. The lowest BCUT2D eigenvalue weighted by Gasteiger charge is -2.12. The van der Waals surface area contributed by atoms with Gasteiger partial charge in [-0.15, -0.1) is 11.3 Å². The van der Waals surface area contributed by atoms with Crippen molar-refractivity contribution >= 4 is 28.9 Å². The second-order valence-corrected chi connectivity index (χ2v) is 7.35. The molecule has 1 heterocycles. The lowest BCUT2D eigenvalue weighted by molar-refractivity contribution is -0.123. The number of carbonyl (C=O) groups is 2. The molecule has 0 aliphatic carbocycles. The summed E-state index contributed by atoms with van der Waals surface area (Å²) in [7, 11) is 0. The van der Waals surface area contributed by atoms with E-state index in [4.69, 9.17) is 4.74 Å². The second-order valence-electron chi connectivity index (χ2n) is 6.49. The van der Waals surface area contributed by atoms with Crippen LogP contribution in [0.3, 0.4) is 0 Å². The molecule has 1 aromatic heterocycles. The molecule has 0 aliphatic rings. The minimum Gasteiger partial charge on any atom is -0.448 e. The first-order valence-corrected chi connectivity index (χ1v) is 9.97. The van der Waals surface area contributed by atoms with E-state index in [1.54, 1.807) is 17.5 Å². The molecule has 2 aromatic carbocycles. The number of hydrogen-bond donors (Lipinski definition) is 1. The van der Waals surface area contributed by atoms with Gasteiger partial charge in [0, 0.05) is 16.6 Å². The molecule has 0 spiro atoms. The lowest BCUT2D eigenvalue weighted by atomic mass is 10.1. The maximum absolute atomic E-state index is 12.3. The number of amides is 1. The molecule has 0 bridgehead atoms. The van der Waals surface area contributed by atoms with Gasteiger partial charge < -0.3 is 10.1 Å². The van der Waals surface area contributed by atoms with E-state index in [-0.39, 0.29) is 11.6 Å². The summed E-state index contributed by atoms with van der Waals surface area (Å²) in [5, 5.41) is 5.12. The fraction of sp³-hybridized carbons (Fsp3) is 0.227. The van der Waals surface area contributed by atoms with Gasteiger partial charge in [-0.3, -0.25) is 4.79 Å². The summed E-state index contributed by atoms with van der Waals surface area (Å²) >= 11 is 1.37. The van der Waals surface area contributed by atoms with Crippen molar-refractivity contribution in [2.75, 3.05) is 5.32 Å². The van der Waals surface area contributed by atoms with Crippen LogP contribution in [0.4, 0.5) is 5.69 Å². The third-order valence-electron chi connectivity index (χ3n) is 4.29. The number of carbonyl (C=O) groups excluding carboxylic acids is 2. The highest BCUT2D eigenvalue weighted by Gasteiger charge is 2.21. The van der Waals surface area contributed by atoms with Gasteiger partial charge in [-0.2, -0.15) is 0 Å². The van der Waals surface area contributed by atoms with Crippen molar-refractivity contribution in [3.05, 3.63) is 70.7 Å². The molecule has 0 unspecified atom stereocenters. The summed E-state index contributed by atoms with van der Waals surface area (Å²) in [5.74, 6) is -0.998. The fourth-order valence-corrected chi connectivity index (χ4v) is 3.33. The third-order valence-corrected chi connectivity index (χ3v) is 5.19. The van der Waals surface area contributed by atoms with E-state index in [1.807, 2.05) is 43.3 Å². The lowest BCUT2D eigenvalue weighted by Crippen LogP contribution is -2.30. The van der Waals surface area contributed by atoms with Crippen LogP contribution in [0.2, 0.25) is 0 Å². The number of esters is 1. The molecule has 0 saturated carbocycles. The Morgan fingerprint density at radius 2 is 1.79 bits per heavy atom. The quantitative estimate of drug-likeness (QED) is 0.606. The number of nitrogens with one attached hydrogen (secondary N) is 1. The predicted octanol–water partition coefficient (Wildman–Crippen LogP) is 4.86. The van der Waals surface area contributed by atoms with Crippen molar-refractivity contribution in [1.29, 1.82) is 0 Å². The molecule has 0 saturated heterocycles. The van der Waals surface area contributed by atoms with Crippen molar-refractivity contribution in [3.8, 4) is 10.6 Å². The van der Waals surface area contributed by atoms with Gasteiger partial charge in [0.1, 0.15) is 5.01 Å². The minimum atomic E-state index is -0.928. The second kappa shape index (κ2) is 8.80. The molecule has 5 nitrogen and oxygen atoms in total. The van der Waals surface area contributed by atoms with E-state index in [0.29, 0.717) is 5.69 Å². The van der Waals surface area contributed by atoms with E-state index in [9.17, 15) is 9.59 Å². The molecular formula is C22H22N2O3S. The Kier molecular flexibility index (Phi) is 6.21. The summed E-state index contributed by atoms with van der Waals surface area (Å²) in [5.41, 5.74) is 4.15. The van der Waals surface area contributed by atoms with Crippen LogP contribution in [0.25, 0.3) is 10.6 Å². The zero-order chi connectivity index (χ0) is 20.1. The van der Waals surface area contributed by atoms with Gasteiger partial charge in [0.2, 0.25) is 0 Å². The first-order chi connectivity index (χ1) is 13.5. The van der Waals surface area contributed by atoms with Crippen LogP contribution in [0.1, 0.15) is 35.5 Å². The molecule has 6 heteroatoms. The van der Waals surface area contributed by atoms with Gasteiger partial charge >= 0.3 is 5.97 Å². The molecule has 0 aliphatic heterocycles. The molecule has 1 atom stereocenters. The monoisotopic (exact) mass is 394 g/mol. The maximum atomic E-state index is 12.3. The Morgan fingerprint density at radius 3 is 2.43 bits per heavy atom. The van der Waals surface area contributed by atoms with Crippen molar-refractivity contribution in [3.63, 3.8) is 0 Å². The van der Waals surface area contributed by atoms with Gasteiger partial charge in [-0.05, 0) is 38.0 Å². The van der Waals surface area contributed by atoms with Crippen molar-refractivity contribution in [2.45, 2.75) is 33.3 Å². The highest BCUT2D eigenvalue weighted by molar-refractivity contribution is 7.13. The predicted molar refractivity (Wildman–Crippen MR) is 112 cm³/mol. The highest BCUT2D eigenvalue weighted by Crippen LogP contribution is 2.24. The number of rotatable bonds is 6. The van der Waals surface area contributed by atoms with E-state index in [1.165, 1.54) is 23.8 Å². The van der Waals surface area contributed by atoms with Gasteiger partial charge in [0.15, 0.2) is 11.8 Å². The topological polar surface area (TPSA) is 68.3 Å². The molecule has 0 radical (unpaired) electrons. The molecule has 1 amide bonds. The molecule has 144 valence electrons. The van der Waals surface area contributed by atoms with Gasteiger partial charge in [-0.25, -0.2) is 9.78 Å². The first kappa shape index (κ1) is 19.8. The van der Waals surface area contributed by atoms with Crippen molar-refractivity contribution < 1.29 is 14.3 Å². The van der Waals surface area contributed by atoms with Crippen LogP contribution in [-0.4, -0.2) is 23.0 Å². The van der Waals surface area contributed by atoms with Crippen LogP contribution in [0, 0.1) is 6.92 Å². The smallest absolute Gasteiger partial charge is 0.358 e. The zero-order valence-corrected chi connectivity index (χ0v) is 16.9. The summed E-state index contributed by atoms with van der Waals surface area (Å²) in [6, 6.07) is 15.5. The number of ether oxygens (including phenoxy) is 1. The standard InChI is InChI=1S/C22H22N2O3S/c1-4-16-7-9-17(10-8-16)21-24-19(13-28-21)22(26)27-15(3)20(25)23-18-11-5-14(2)6-12-18/h5-13,15H,4H2,1-3H3,(H,23,25)/t15-/m1/s1. The van der Waals surface area contributed by atoms with Gasteiger partial charge in [0.25, 0.3) is 5.91 Å². The van der Waals surface area contributed by atoms with E-state index >= 15 is 0 Å². The first-order valence-electron chi connectivity index (χ1n) is 9.09. The van der Waals surface area contributed by atoms with Crippen LogP contribution in [0.15, 0.2) is 53.9 Å². The maximum Gasteiger partial charge on any atom is 0.358 e. The highest BCUT2D eigenvalue weighted by atomic mass is 32.1. The van der Waals surface area contributed by atoms with Crippen molar-refractivity contribution in [1.82, 2.24) is 4.98 Å². The minimum absolute atomic E-state index is 0.203. The Balaban J connectivity index is 1.61. The Bertz CT molecular complexity index is 962. The average Bonchev–Trinajstić information content (AvgIpc) is 3.20. The number of thiazole rings is 1. The zero-order valence-electron chi connectivity index (χ0n) is 16.1. The summed E-state index contributed by atoms with van der Waals surface area (Å²) in [4.78, 5) is 28.9. The summed E-state index contributed by atoms with van der Waals surface area (Å²) in [6.45, 7) is 5.61. The molecule has 28 heavy (non-hydrogen) atoms. The van der Waals surface area contributed by atoms with Crippen LogP contribution >= 0.6 is 11.3 Å². The molecule has 3 rings (SSSR count). The Hall–Kier alpha value is -2.99. The molecule has 3 aromatic rings. The van der Waals surface area contributed by atoms with E-state index in [0.717, 1.165) is 22.6 Å². The molecule has 0 fully saturated rings.